The summed E-state index contributed by atoms with van der Waals surface area (Å²) in [4.78, 5) is 0. The molecule has 115 heavy (non-hydrogen) atoms. The summed E-state index contributed by atoms with van der Waals surface area (Å²) in [5, 5.41) is 0. The number of hydrogen-bond donors (Lipinski definition) is 0. The Kier molecular flexibility index (Phi) is 38.1. The van der Waals surface area contributed by atoms with Gasteiger partial charge in [0.25, 0.3) is 0 Å². The summed E-state index contributed by atoms with van der Waals surface area (Å²) in [6, 6.07) is 44.3. The van der Waals surface area contributed by atoms with Gasteiger partial charge in [0.05, 0.1) is 0 Å². The molecule has 6 aromatic rings. The van der Waals surface area contributed by atoms with Gasteiger partial charge in [-0.1, -0.05) is 460 Å². The van der Waals surface area contributed by atoms with Gasteiger partial charge >= 0.3 is 8.60 Å². The fourth-order valence-electron chi connectivity index (χ4n) is 18.3. The third-order valence-corrected chi connectivity index (χ3v) is 26.1. The first-order chi connectivity index (χ1) is 54.1. The molecule has 0 spiro atoms. The molecule has 6 aromatic carbocycles. The predicted molar refractivity (Wildman–Crippen MR) is 509 cm³/mol. The van der Waals surface area contributed by atoms with Crippen LogP contribution in [0.1, 0.15) is 459 Å². The van der Waals surface area contributed by atoms with Crippen LogP contribution in [0, 0.1) is 41.5 Å². The minimum atomic E-state index is -2.73. The van der Waals surface area contributed by atoms with Crippen molar-refractivity contribution in [3.05, 3.63) is 244 Å². The van der Waals surface area contributed by atoms with Gasteiger partial charge < -0.3 is 0 Å². The Morgan fingerprint density at radius 2 is 0.374 bits per heavy atom. The van der Waals surface area contributed by atoms with Crippen molar-refractivity contribution in [2.75, 3.05) is 0 Å². The highest BCUT2D eigenvalue weighted by Crippen LogP contribution is 2.67. The highest BCUT2D eigenvalue weighted by atomic mass is 31.2. The van der Waals surface area contributed by atoms with Crippen molar-refractivity contribution in [3.8, 4) is 0 Å². The largest absolute Gasteiger partial charge is 0.337 e. The van der Waals surface area contributed by atoms with E-state index >= 15 is 0 Å². The second kappa shape index (κ2) is 44.4. The van der Waals surface area contributed by atoms with Crippen LogP contribution in [-0.4, -0.2) is 0 Å². The lowest BCUT2D eigenvalue weighted by Crippen LogP contribution is -2.43. The van der Waals surface area contributed by atoms with Gasteiger partial charge in [0.1, 0.15) is 16.8 Å². The van der Waals surface area contributed by atoms with E-state index in [0.717, 1.165) is 91.2 Å². The molecule has 0 saturated heterocycles. The summed E-state index contributed by atoms with van der Waals surface area (Å²) in [6.45, 7) is 71.5. The maximum Gasteiger partial charge on any atom is 0.337 e. The number of aryl methyl sites for hydroxylation is 6. The van der Waals surface area contributed by atoms with Gasteiger partial charge in [0.2, 0.25) is 0 Å². The summed E-state index contributed by atoms with van der Waals surface area (Å²) in [7, 11) is -2.73. The lowest BCUT2D eigenvalue weighted by molar-refractivity contribution is 0.00937. The molecular weight excluding hydrogens is 1410 g/mol. The molecule has 0 saturated carbocycles. The molecule has 0 fully saturated rings. The molecule has 4 heteroatoms. The highest BCUT2D eigenvalue weighted by molar-refractivity contribution is 7.41. The van der Waals surface area contributed by atoms with E-state index in [1.54, 1.807) is 0 Å². The minimum absolute atomic E-state index is 0.349. The second-order valence-corrected chi connectivity index (χ2v) is 42.5. The Morgan fingerprint density at radius 3 is 0.513 bits per heavy atom. The zero-order valence-electron chi connectivity index (χ0n) is 80.0. The third kappa shape index (κ3) is 26.4. The lowest BCUT2D eigenvalue weighted by Gasteiger charge is -2.50. The van der Waals surface area contributed by atoms with E-state index in [1.165, 1.54) is 218 Å². The number of rotatable bonds is 45. The molecule has 0 aliphatic heterocycles. The van der Waals surface area contributed by atoms with Crippen LogP contribution in [0.15, 0.2) is 144 Å². The van der Waals surface area contributed by atoms with Crippen molar-refractivity contribution in [1.82, 2.24) is 0 Å². The van der Waals surface area contributed by atoms with Gasteiger partial charge in [-0.25, -0.2) is 0 Å². The maximum absolute atomic E-state index is 9.72. The van der Waals surface area contributed by atoms with Gasteiger partial charge in [0.15, 0.2) is 0 Å². The molecule has 0 aromatic heterocycles. The molecule has 0 N–H and O–H groups in total. The van der Waals surface area contributed by atoms with Gasteiger partial charge in [0, 0.05) is 0 Å². The van der Waals surface area contributed by atoms with E-state index < -0.39 is 25.4 Å². The van der Waals surface area contributed by atoms with Gasteiger partial charge in [-0.3, -0.25) is 13.6 Å². The molecule has 6 rings (SSSR count). The zero-order chi connectivity index (χ0) is 85.4. The van der Waals surface area contributed by atoms with Crippen molar-refractivity contribution in [1.29, 1.82) is 0 Å². The molecule has 0 unspecified atom stereocenters. The molecule has 0 heterocycles. The van der Waals surface area contributed by atoms with Gasteiger partial charge in [-0.15, -0.1) is 0 Å². The zero-order valence-corrected chi connectivity index (χ0v) is 80.9. The van der Waals surface area contributed by atoms with E-state index in [1.807, 2.05) is 0 Å². The second-order valence-electron chi connectivity index (χ2n) is 41.5. The molecule has 0 aliphatic carbocycles. The van der Waals surface area contributed by atoms with E-state index in [9.17, 15) is 13.6 Å². The number of benzene rings is 6. The van der Waals surface area contributed by atoms with Crippen LogP contribution < -0.4 is 0 Å². The summed E-state index contributed by atoms with van der Waals surface area (Å²) in [5.74, 6) is 0. The normalized spacial score (nSPS) is 13.6. The quantitative estimate of drug-likeness (QED) is 0.0217. The first kappa shape index (κ1) is 98.7. The van der Waals surface area contributed by atoms with Crippen molar-refractivity contribution >= 4 is 8.60 Å². The molecule has 0 bridgehead atoms. The van der Waals surface area contributed by atoms with Crippen LogP contribution in [-0.2, 0) is 62.9 Å². The standard InChI is InChI=1S/C111H171O3P/c1-31-37-40-43-46-49-52-55-58-61-88(34-4)109(91-70-64-82(7)76-97(91)103(13,14)15,92-71-65-83(8)77-98(92)104(16,17)18)112-115(113-110(93-72-66-84(9)78-99(93)105(19,20)21,94-73-67-85(10)79-100(94)106(22,23)24)89(35-5)62-59-56-53-50-47-44-41-38-32-2)114-111(95-74-68-86(11)80-101(95)107(25,26)27,96-75-69-87(12)81-102(96)108(28,29)30)90(36-6)63-60-57-54-51-48-45-42-39-33-3/h34-36,64-81H,31-33,37-63H2,1-30H3/b88-34-,89-35+,90-36+. The Hall–Kier alpha value is -5.15. The van der Waals surface area contributed by atoms with E-state index in [-0.39, 0.29) is 32.5 Å². The minimum Gasteiger partial charge on any atom is -0.291 e. The summed E-state index contributed by atoms with van der Waals surface area (Å²) < 4.78 is 29.2. The number of hydrogen-bond acceptors (Lipinski definition) is 3. The van der Waals surface area contributed by atoms with Gasteiger partial charge in [-0.2, -0.15) is 0 Å². The average molecular weight is 1580 g/mol. The summed E-state index contributed by atoms with van der Waals surface area (Å²) >= 11 is 0. The van der Waals surface area contributed by atoms with E-state index in [2.05, 4.69) is 335 Å². The molecule has 0 atom stereocenters. The van der Waals surface area contributed by atoms with Crippen molar-refractivity contribution in [2.24, 2.45) is 0 Å². The van der Waals surface area contributed by atoms with Crippen molar-refractivity contribution in [3.63, 3.8) is 0 Å². The van der Waals surface area contributed by atoms with E-state index in [0.29, 0.717) is 0 Å². The Labute approximate surface area is 711 Å². The SMILES string of the molecule is C/C=C(/CCCCCCCCCCC)C(OP(OC(/C(=C/C)CCCCCCCCCCC)(c1ccc(C)cc1C(C)(C)C)c1ccc(C)cc1C(C)(C)C)OC(/C(=C/C)CCCCCCCCCCC)(c1ccc(C)cc1C(C)(C)C)c1ccc(C)cc1C(C)(C)C)(c1ccc(C)cc1C(C)(C)C)c1ccc(C)cc1C(C)(C)C. The van der Waals surface area contributed by atoms with Crippen molar-refractivity contribution in [2.45, 2.75) is 450 Å². The third-order valence-electron chi connectivity index (χ3n) is 24.9. The fourth-order valence-corrected chi connectivity index (χ4v) is 20.0. The number of unbranched alkanes of at least 4 members (excludes halogenated alkanes) is 24. The maximum atomic E-state index is 9.72. The molecule has 638 valence electrons. The van der Waals surface area contributed by atoms with Crippen LogP contribution in [0.25, 0.3) is 0 Å². The van der Waals surface area contributed by atoms with Crippen LogP contribution >= 0.6 is 8.60 Å². The predicted octanol–water partition coefficient (Wildman–Crippen LogP) is 35.3. The van der Waals surface area contributed by atoms with Crippen molar-refractivity contribution < 1.29 is 13.6 Å². The number of allylic oxidation sites excluding steroid dienone is 3. The first-order valence-electron chi connectivity index (χ1n) is 46.6. The average Bonchev–Trinajstić information content (AvgIpc) is 0.712. The summed E-state index contributed by atoms with van der Waals surface area (Å²) in [5.41, 5.74) is 19.5. The van der Waals surface area contributed by atoms with Crippen LogP contribution in [0.4, 0.5) is 0 Å². The van der Waals surface area contributed by atoms with Crippen LogP contribution in [0.3, 0.4) is 0 Å². The molecule has 0 aliphatic rings. The first-order valence-corrected chi connectivity index (χ1v) is 47.7. The molecule has 0 radical (unpaired) electrons. The van der Waals surface area contributed by atoms with Crippen LogP contribution in [0.5, 0.6) is 0 Å². The lowest BCUT2D eigenvalue weighted by atomic mass is 9.68. The Morgan fingerprint density at radius 1 is 0.226 bits per heavy atom. The monoisotopic (exact) mass is 1580 g/mol. The fraction of sp³-hybridized carbons (Fsp3) is 0.622. The molecule has 0 amide bonds. The highest BCUT2D eigenvalue weighted by Gasteiger charge is 2.56. The molecule has 3 nitrogen and oxygen atoms in total. The topological polar surface area (TPSA) is 27.7 Å². The summed E-state index contributed by atoms with van der Waals surface area (Å²) in [6.07, 6.45) is 43.2. The van der Waals surface area contributed by atoms with Gasteiger partial charge in [-0.05, 0) is 217 Å². The smallest absolute Gasteiger partial charge is 0.291 e. The van der Waals surface area contributed by atoms with E-state index in [4.69, 9.17) is 0 Å². The van der Waals surface area contributed by atoms with Crippen LogP contribution in [0.2, 0.25) is 0 Å². The Balaban J connectivity index is 2.07. The molecular formula is C111H171O3P. The Bertz CT molecular complexity index is 3450.